The van der Waals surface area contributed by atoms with Gasteiger partial charge in [-0.1, -0.05) is 52.0 Å². The SMILES string of the molecule is COc1ccc(C#CCN(C)c2cccc3cccc(Br)c23)cc1. The van der Waals surface area contributed by atoms with E-state index in [1.807, 2.05) is 24.3 Å². The Balaban J connectivity index is 1.81. The van der Waals surface area contributed by atoms with Crippen LogP contribution in [0.25, 0.3) is 10.8 Å². The van der Waals surface area contributed by atoms with Crippen molar-refractivity contribution in [2.75, 3.05) is 25.6 Å². The van der Waals surface area contributed by atoms with E-state index in [2.05, 4.69) is 76.1 Å². The first-order valence-electron chi connectivity index (χ1n) is 7.70. The van der Waals surface area contributed by atoms with Gasteiger partial charge < -0.3 is 9.64 Å². The Labute approximate surface area is 151 Å². The highest BCUT2D eigenvalue weighted by atomic mass is 79.9. The van der Waals surface area contributed by atoms with E-state index in [4.69, 9.17) is 4.74 Å². The molecular formula is C21H18BrNO. The lowest BCUT2D eigenvalue weighted by Gasteiger charge is -2.19. The van der Waals surface area contributed by atoms with Gasteiger partial charge in [-0.25, -0.2) is 0 Å². The van der Waals surface area contributed by atoms with Crippen LogP contribution in [0, 0.1) is 11.8 Å². The van der Waals surface area contributed by atoms with Crippen LogP contribution in [0.2, 0.25) is 0 Å². The molecule has 3 rings (SSSR count). The molecule has 0 atom stereocenters. The Morgan fingerprint density at radius 1 is 1.00 bits per heavy atom. The Morgan fingerprint density at radius 2 is 1.71 bits per heavy atom. The summed E-state index contributed by atoms with van der Waals surface area (Å²) in [5, 5.41) is 2.44. The van der Waals surface area contributed by atoms with Gasteiger partial charge in [-0.2, -0.15) is 0 Å². The van der Waals surface area contributed by atoms with Crippen molar-refractivity contribution in [2.24, 2.45) is 0 Å². The highest BCUT2D eigenvalue weighted by Gasteiger charge is 2.07. The van der Waals surface area contributed by atoms with Crippen molar-refractivity contribution in [3.8, 4) is 17.6 Å². The van der Waals surface area contributed by atoms with Gasteiger partial charge in [0.1, 0.15) is 5.75 Å². The summed E-state index contributed by atoms with van der Waals surface area (Å²) >= 11 is 3.66. The van der Waals surface area contributed by atoms with Crippen LogP contribution in [0.3, 0.4) is 0 Å². The third-order valence-corrected chi connectivity index (χ3v) is 4.54. The number of anilines is 1. The summed E-state index contributed by atoms with van der Waals surface area (Å²) in [6.07, 6.45) is 0. The maximum atomic E-state index is 5.16. The predicted molar refractivity (Wildman–Crippen MR) is 105 cm³/mol. The average molecular weight is 380 g/mol. The number of halogens is 1. The first-order chi connectivity index (χ1) is 11.7. The molecule has 0 saturated carbocycles. The molecule has 0 saturated heterocycles. The van der Waals surface area contributed by atoms with Gasteiger partial charge in [-0.3, -0.25) is 0 Å². The molecule has 0 bridgehead atoms. The second-order valence-corrected chi connectivity index (χ2v) is 6.36. The second kappa shape index (κ2) is 7.42. The minimum atomic E-state index is 0.659. The van der Waals surface area contributed by atoms with Gasteiger partial charge in [0.15, 0.2) is 0 Å². The molecule has 0 spiro atoms. The normalized spacial score (nSPS) is 10.1. The van der Waals surface area contributed by atoms with E-state index in [1.54, 1.807) is 7.11 Å². The Kier molecular flexibility index (Phi) is 5.08. The van der Waals surface area contributed by atoms with Gasteiger partial charge in [-0.15, -0.1) is 0 Å². The fourth-order valence-electron chi connectivity index (χ4n) is 2.61. The molecule has 24 heavy (non-hydrogen) atoms. The van der Waals surface area contributed by atoms with Crippen molar-refractivity contribution in [1.82, 2.24) is 0 Å². The monoisotopic (exact) mass is 379 g/mol. The predicted octanol–water partition coefficient (Wildman–Crippen LogP) is 5.10. The maximum Gasteiger partial charge on any atom is 0.118 e. The molecule has 0 aromatic heterocycles. The fourth-order valence-corrected chi connectivity index (χ4v) is 3.20. The van der Waals surface area contributed by atoms with Crippen LogP contribution in [0.5, 0.6) is 5.75 Å². The number of ether oxygens (including phenoxy) is 1. The smallest absolute Gasteiger partial charge is 0.118 e. The second-order valence-electron chi connectivity index (χ2n) is 5.50. The van der Waals surface area contributed by atoms with E-state index in [9.17, 15) is 0 Å². The van der Waals surface area contributed by atoms with E-state index in [0.717, 1.165) is 15.8 Å². The Hall–Kier alpha value is -2.44. The molecule has 0 N–H and O–H groups in total. The summed E-state index contributed by atoms with van der Waals surface area (Å²) in [4.78, 5) is 2.17. The van der Waals surface area contributed by atoms with Gasteiger partial charge in [0.05, 0.1) is 13.7 Å². The lowest BCUT2D eigenvalue weighted by molar-refractivity contribution is 0.415. The molecule has 3 aromatic carbocycles. The molecule has 0 aliphatic rings. The summed E-state index contributed by atoms with van der Waals surface area (Å²) in [5.74, 6) is 7.29. The van der Waals surface area contributed by atoms with Gasteiger partial charge >= 0.3 is 0 Å². The number of fused-ring (bicyclic) bond motifs is 1. The highest BCUT2D eigenvalue weighted by Crippen LogP contribution is 2.32. The van der Waals surface area contributed by atoms with Crippen LogP contribution >= 0.6 is 15.9 Å². The van der Waals surface area contributed by atoms with Crippen molar-refractivity contribution >= 4 is 32.4 Å². The Morgan fingerprint density at radius 3 is 2.42 bits per heavy atom. The number of benzene rings is 3. The van der Waals surface area contributed by atoms with E-state index < -0.39 is 0 Å². The quantitative estimate of drug-likeness (QED) is 0.587. The number of nitrogens with zero attached hydrogens (tertiary/aromatic N) is 1. The highest BCUT2D eigenvalue weighted by molar-refractivity contribution is 9.10. The molecule has 0 aliphatic carbocycles. The van der Waals surface area contributed by atoms with E-state index >= 15 is 0 Å². The van der Waals surface area contributed by atoms with Gasteiger partial charge in [0.25, 0.3) is 0 Å². The van der Waals surface area contributed by atoms with E-state index in [0.29, 0.717) is 6.54 Å². The zero-order valence-corrected chi connectivity index (χ0v) is 15.3. The molecule has 3 heteroatoms. The van der Waals surface area contributed by atoms with Crippen molar-refractivity contribution < 1.29 is 4.74 Å². The first kappa shape index (κ1) is 16.4. The molecule has 0 heterocycles. The van der Waals surface area contributed by atoms with Crippen molar-refractivity contribution in [3.63, 3.8) is 0 Å². The third-order valence-electron chi connectivity index (χ3n) is 3.88. The number of methoxy groups -OCH3 is 1. The molecular weight excluding hydrogens is 362 g/mol. The average Bonchev–Trinajstić information content (AvgIpc) is 2.62. The summed E-state index contributed by atoms with van der Waals surface area (Å²) in [6.45, 7) is 0.659. The van der Waals surface area contributed by atoms with E-state index in [-0.39, 0.29) is 0 Å². The van der Waals surface area contributed by atoms with Gasteiger partial charge in [0, 0.05) is 28.2 Å². The van der Waals surface area contributed by atoms with Crippen LogP contribution < -0.4 is 9.64 Å². The van der Waals surface area contributed by atoms with Gasteiger partial charge in [0.2, 0.25) is 0 Å². The lowest BCUT2D eigenvalue weighted by atomic mass is 10.1. The minimum absolute atomic E-state index is 0.659. The van der Waals surface area contributed by atoms with Crippen molar-refractivity contribution in [1.29, 1.82) is 0 Å². The van der Waals surface area contributed by atoms with Crippen LogP contribution in [0.15, 0.2) is 65.1 Å². The summed E-state index contributed by atoms with van der Waals surface area (Å²) < 4.78 is 6.26. The standard InChI is InChI=1S/C21H18BrNO/c1-23(15-5-6-16-11-13-18(24-2)14-12-16)20-10-4-8-17-7-3-9-19(22)21(17)20/h3-4,7-14H,15H2,1-2H3. The summed E-state index contributed by atoms with van der Waals surface area (Å²) in [7, 11) is 3.73. The zero-order valence-electron chi connectivity index (χ0n) is 13.7. The molecule has 0 radical (unpaired) electrons. The minimum Gasteiger partial charge on any atom is -0.497 e. The molecule has 120 valence electrons. The van der Waals surface area contributed by atoms with Crippen molar-refractivity contribution in [3.05, 3.63) is 70.7 Å². The molecule has 0 aliphatic heterocycles. The number of hydrogen-bond acceptors (Lipinski definition) is 2. The van der Waals surface area contributed by atoms with Crippen LogP contribution in [0.1, 0.15) is 5.56 Å². The summed E-state index contributed by atoms with van der Waals surface area (Å²) in [6, 6.07) is 20.4. The van der Waals surface area contributed by atoms with Crippen LogP contribution in [-0.4, -0.2) is 20.7 Å². The molecule has 2 nitrogen and oxygen atoms in total. The maximum absolute atomic E-state index is 5.16. The molecule has 0 unspecified atom stereocenters. The first-order valence-corrected chi connectivity index (χ1v) is 8.49. The summed E-state index contributed by atoms with van der Waals surface area (Å²) in [5.41, 5.74) is 2.16. The fraction of sp³-hybridized carbons (Fsp3) is 0.143. The largest absolute Gasteiger partial charge is 0.497 e. The molecule has 0 amide bonds. The van der Waals surface area contributed by atoms with Crippen molar-refractivity contribution in [2.45, 2.75) is 0 Å². The third kappa shape index (κ3) is 3.55. The Bertz CT molecular complexity index is 901. The van der Waals surface area contributed by atoms with E-state index in [1.165, 1.54) is 16.5 Å². The topological polar surface area (TPSA) is 12.5 Å². The molecule has 0 fully saturated rings. The number of rotatable bonds is 3. The lowest BCUT2D eigenvalue weighted by Crippen LogP contribution is -2.17. The zero-order chi connectivity index (χ0) is 16.9. The van der Waals surface area contributed by atoms with Crippen LogP contribution in [0.4, 0.5) is 5.69 Å². The van der Waals surface area contributed by atoms with Crippen LogP contribution in [-0.2, 0) is 0 Å². The molecule has 3 aromatic rings. The number of hydrogen-bond donors (Lipinski definition) is 0. The van der Waals surface area contributed by atoms with Gasteiger partial charge in [-0.05, 0) is 41.8 Å².